The highest BCUT2D eigenvalue weighted by Crippen LogP contribution is 2.16. The van der Waals surface area contributed by atoms with E-state index >= 15 is 0 Å². The molecular formula is C13H19N3O2S. The molecule has 104 valence electrons. The molecule has 0 aliphatic carbocycles. The first-order chi connectivity index (χ1) is 9.20. The number of thiophene rings is 1. The van der Waals surface area contributed by atoms with Crippen LogP contribution in [-0.2, 0) is 11.3 Å². The number of amides is 3. The van der Waals surface area contributed by atoms with Gasteiger partial charge in [0.05, 0.1) is 12.5 Å². The quantitative estimate of drug-likeness (QED) is 0.880. The van der Waals surface area contributed by atoms with Crippen molar-refractivity contribution in [3.05, 3.63) is 22.4 Å². The third kappa shape index (κ3) is 3.70. The predicted octanol–water partition coefficient (Wildman–Crippen LogP) is 1.42. The minimum atomic E-state index is -0.0815. The molecule has 0 aromatic carbocycles. The van der Waals surface area contributed by atoms with Crippen molar-refractivity contribution in [2.24, 2.45) is 5.92 Å². The molecule has 1 saturated heterocycles. The molecule has 0 radical (unpaired) electrons. The van der Waals surface area contributed by atoms with Gasteiger partial charge in [-0.05, 0) is 24.3 Å². The normalized spacial score (nSPS) is 19.0. The highest BCUT2D eigenvalue weighted by Gasteiger charge is 2.27. The number of carbonyl (C=O) groups is 2. The Bertz CT molecular complexity index is 433. The highest BCUT2D eigenvalue weighted by atomic mass is 32.1. The summed E-state index contributed by atoms with van der Waals surface area (Å²) in [6, 6.07) is 3.88. The molecule has 5 nitrogen and oxygen atoms in total. The van der Waals surface area contributed by atoms with E-state index in [1.54, 1.807) is 23.3 Å². The zero-order chi connectivity index (χ0) is 13.7. The molecule has 1 unspecified atom stereocenters. The third-order valence-corrected chi connectivity index (χ3v) is 4.20. The molecule has 3 amide bonds. The molecule has 2 heterocycles. The molecule has 2 N–H and O–H groups in total. The number of piperidine rings is 1. The van der Waals surface area contributed by atoms with Crippen LogP contribution < -0.4 is 10.6 Å². The molecule has 1 atom stereocenters. The van der Waals surface area contributed by atoms with Gasteiger partial charge in [-0.2, -0.15) is 0 Å². The van der Waals surface area contributed by atoms with E-state index in [-0.39, 0.29) is 17.9 Å². The van der Waals surface area contributed by atoms with Crippen molar-refractivity contribution in [3.8, 4) is 0 Å². The van der Waals surface area contributed by atoms with Gasteiger partial charge in [0.25, 0.3) is 0 Å². The first-order valence-corrected chi connectivity index (χ1v) is 7.35. The minimum Gasteiger partial charge on any atom is -0.359 e. The second kappa shape index (κ2) is 6.56. The zero-order valence-electron chi connectivity index (χ0n) is 11.0. The number of hydrogen-bond donors (Lipinski definition) is 2. The Morgan fingerprint density at radius 2 is 2.37 bits per heavy atom. The fourth-order valence-corrected chi connectivity index (χ4v) is 2.91. The Kier molecular flexibility index (Phi) is 4.79. The molecule has 2 rings (SSSR count). The lowest BCUT2D eigenvalue weighted by Crippen LogP contribution is -2.48. The molecule has 0 saturated carbocycles. The van der Waals surface area contributed by atoms with Crippen LogP contribution in [0.1, 0.15) is 17.7 Å². The molecule has 0 spiro atoms. The summed E-state index contributed by atoms with van der Waals surface area (Å²) in [5, 5.41) is 7.54. The van der Waals surface area contributed by atoms with Crippen molar-refractivity contribution in [1.82, 2.24) is 15.5 Å². The van der Waals surface area contributed by atoms with Crippen molar-refractivity contribution in [2.45, 2.75) is 19.4 Å². The third-order valence-electron chi connectivity index (χ3n) is 3.32. The molecule has 0 bridgehead atoms. The van der Waals surface area contributed by atoms with Crippen LogP contribution in [0.15, 0.2) is 17.5 Å². The Labute approximate surface area is 117 Å². The summed E-state index contributed by atoms with van der Waals surface area (Å²) in [6.07, 6.45) is 1.74. The van der Waals surface area contributed by atoms with E-state index in [0.29, 0.717) is 13.1 Å². The number of likely N-dealkylation sites (tertiary alicyclic amines) is 1. The SMILES string of the molecule is CNC(=O)C1CCCN(C(=O)NCc2cccs2)C1. The molecule has 1 aromatic heterocycles. The van der Waals surface area contributed by atoms with Gasteiger partial charge < -0.3 is 15.5 Å². The van der Waals surface area contributed by atoms with Crippen LogP contribution in [-0.4, -0.2) is 37.0 Å². The van der Waals surface area contributed by atoms with E-state index in [2.05, 4.69) is 10.6 Å². The monoisotopic (exact) mass is 281 g/mol. The van der Waals surface area contributed by atoms with Crippen molar-refractivity contribution in [2.75, 3.05) is 20.1 Å². The van der Waals surface area contributed by atoms with Crippen LogP contribution in [0.3, 0.4) is 0 Å². The highest BCUT2D eigenvalue weighted by molar-refractivity contribution is 7.09. The Morgan fingerprint density at radius 3 is 3.05 bits per heavy atom. The van der Waals surface area contributed by atoms with Gasteiger partial charge in [0, 0.05) is 25.0 Å². The zero-order valence-corrected chi connectivity index (χ0v) is 11.8. The second-order valence-electron chi connectivity index (χ2n) is 4.64. The average Bonchev–Trinajstić information content (AvgIpc) is 2.97. The van der Waals surface area contributed by atoms with Crippen molar-refractivity contribution >= 4 is 23.3 Å². The van der Waals surface area contributed by atoms with E-state index in [0.717, 1.165) is 24.3 Å². The number of urea groups is 1. The second-order valence-corrected chi connectivity index (χ2v) is 5.67. The maximum Gasteiger partial charge on any atom is 0.317 e. The van der Waals surface area contributed by atoms with Crippen LogP contribution in [0, 0.1) is 5.92 Å². The van der Waals surface area contributed by atoms with E-state index in [9.17, 15) is 9.59 Å². The van der Waals surface area contributed by atoms with Crippen LogP contribution in [0.4, 0.5) is 4.79 Å². The first-order valence-electron chi connectivity index (χ1n) is 6.47. The Morgan fingerprint density at radius 1 is 1.53 bits per heavy atom. The molecule has 6 heteroatoms. The molecule has 19 heavy (non-hydrogen) atoms. The topological polar surface area (TPSA) is 61.4 Å². The van der Waals surface area contributed by atoms with Crippen LogP contribution in [0.2, 0.25) is 0 Å². The summed E-state index contributed by atoms with van der Waals surface area (Å²) in [5.41, 5.74) is 0. The van der Waals surface area contributed by atoms with Gasteiger partial charge in [-0.1, -0.05) is 6.07 Å². The van der Waals surface area contributed by atoms with E-state index < -0.39 is 0 Å². The lowest BCUT2D eigenvalue weighted by molar-refractivity contribution is -0.125. The lowest BCUT2D eigenvalue weighted by Gasteiger charge is -2.31. The number of hydrogen-bond acceptors (Lipinski definition) is 3. The number of nitrogens with zero attached hydrogens (tertiary/aromatic N) is 1. The maximum absolute atomic E-state index is 12.0. The summed E-state index contributed by atoms with van der Waals surface area (Å²) in [7, 11) is 1.64. The van der Waals surface area contributed by atoms with Crippen molar-refractivity contribution in [3.63, 3.8) is 0 Å². The fraction of sp³-hybridized carbons (Fsp3) is 0.538. The summed E-state index contributed by atoms with van der Waals surface area (Å²) >= 11 is 1.62. The lowest BCUT2D eigenvalue weighted by atomic mass is 9.97. The average molecular weight is 281 g/mol. The Hall–Kier alpha value is -1.56. The van der Waals surface area contributed by atoms with Gasteiger partial charge in [-0.25, -0.2) is 4.79 Å². The molecule has 1 aliphatic rings. The largest absolute Gasteiger partial charge is 0.359 e. The van der Waals surface area contributed by atoms with E-state index in [1.165, 1.54) is 0 Å². The van der Waals surface area contributed by atoms with Crippen LogP contribution in [0.25, 0.3) is 0 Å². The Balaban J connectivity index is 1.83. The number of carbonyl (C=O) groups excluding carboxylic acids is 2. The van der Waals surface area contributed by atoms with Gasteiger partial charge in [0.2, 0.25) is 5.91 Å². The van der Waals surface area contributed by atoms with E-state index in [4.69, 9.17) is 0 Å². The van der Waals surface area contributed by atoms with Crippen LogP contribution >= 0.6 is 11.3 Å². The molecular weight excluding hydrogens is 262 g/mol. The molecule has 1 fully saturated rings. The first kappa shape index (κ1) is 13.9. The summed E-state index contributed by atoms with van der Waals surface area (Å²) < 4.78 is 0. The number of rotatable bonds is 3. The summed E-state index contributed by atoms with van der Waals surface area (Å²) in [5.74, 6) is -0.0537. The molecule has 1 aliphatic heterocycles. The van der Waals surface area contributed by atoms with Crippen LogP contribution in [0.5, 0.6) is 0 Å². The van der Waals surface area contributed by atoms with Gasteiger partial charge in [-0.3, -0.25) is 4.79 Å². The predicted molar refractivity (Wildman–Crippen MR) is 74.9 cm³/mol. The van der Waals surface area contributed by atoms with Crippen molar-refractivity contribution in [1.29, 1.82) is 0 Å². The number of nitrogens with one attached hydrogen (secondary N) is 2. The van der Waals surface area contributed by atoms with Crippen molar-refractivity contribution < 1.29 is 9.59 Å². The van der Waals surface area contributed by atoms with Gasteiger partial charge in [0.1, 0.15) is 0 Å². The maximum atomic E-state index is 12.0. The summed E-state index contributed by atoms with van der Waals surface area (Å²) in [4.78, 5) is 26.5. The molecule has 1 aromatic rings. The van der Waals surface area contributed by atoms with Gasteiger partial charge >= 0.3 is 6.03 Å². The van der Waals surface area contributed by atoms with Gasteiger partial charge in [0.15, 0.2) is 0 Å². The summed E-state index contributed by atoms with van der Waals surface area (Å²) in [6.45, 7) is 1.79. The smallest absolute Gasteiger partial charge is 0.317 e. The minimum absolute atomic E-state index is 0.0238. The fourth-order valence-electron chi connectivity index (χ4n) is 2.27. The van der Waals surface area contributed by atoms with Gasteiger partial charge in [-0.15, -0.1) is 11.3 Å². The van der Waals surface area contributed by atoms with E-state index in [1.807, 2.05) is 17.5 Å². The standard InChI is InChI=1S/C13H19N3O2S/c1-14-12(17)10-4-2-6-16(9-10)13(18)15-8-11-5-3-7-19-11/h3,5,7,10H,2,4,6,8-9H2,1H3,(H,14,17)(H,15,18).